The molecule has 1 aromatic carbocycles. The second-order valence-corrected chi connectivity index (χ2v) is 5.30. The van der Waals surface area contributed by atoms with E-state index in [1.807, 2.05) is 31.2 Å². The molecule has 4 nitrogen and oxygen atoms in total. The Hall–Kier alpha value is -1.55. The van der Waals surface area contributed by atoms with Gasteiger partial charge in [-0.05, 0) is 18.1 Å². The molecule has 0 aromatic heterocycles. The van der Waals surface area contributed by atoms with Gasteiger partial charge >= 0.3 is 5.97 Å². The van der Waals surface area contributed by atoms with E-state index in [0.29, 0.717) is 12.8 Å². The minimum atomic E-state index is -0.860. The minimum absolute atomic E-state index is 0.0800. The number of hydrogen-bond acceptors (Lipinski definition) is 3. The smallest absolute Gasteiger partial charge is 0.311 e. The van der Waals surface area contributed by atoms with E-state index in [1.54, 1.807) is 0 Å². The van der Waals surface area contributed by atoms with Crippen LogP contribution < -0.4 is 10.5 Å². The molecule has 1 aromatic rings. The van der Waals surface area contributed by atoms with Crippen LogP contribution >= 0.6 is 0 Å². The molecule has 0 spiro atoms. The van der Waals surface area contributed by atoms with Gasteiger partial charge in [-0.15, -0.1) is 0 Å². The van der Waals surface area contributed by atoms with Crippen LogP contribution in [-0.4, -0.2) is 23.7 Å². The first-order chi connectivity index (χ1) is 9.11. The van der Waals surface area contributed by atoms with Crippen molar-refractivity contribution in [2.75, 3.05) is 6.54 Å². The van der Waals surface area contributed by atoms with Gasteiger partial charge in [0.25, 0.3) is 0 Å². The molecule has 1 aliphatic heterocycles. The Morgan fingerprint density at radius 1 is 1.53 bits per heavy atom. The van der Waals surface area contributed by atoms with Gasteiger partial charge in [0.05, 0.1) is 5.41 Å². The molecular formula is C15H21NO3. The Balaban J connectivity index is 2.10. The zero-order valence-electron chi connectivity index (χ0n) is 11.3. The van der Waals surface area contributed by atoms with E-state index in [9.17, 15) is 9.90 Å². The van der Waals surface area contributed by atoms with Crippen molar-refractivity contribution in [3.8, 4) is 5.75 Å². The Bertz CT molecular complexity index is 435. The largest absolute Gasteiger partial charge is 0.490 e. The number of carboxylic acid groups (broad SMARTS) is 1. The lowest BCUT2D eigenvalue weighted by molar-refractivity contribution is -0.150. The highest BCUT2D eigenvalue weighted by Gasteiger charge is 2.40. The molecule has 0 fully saturated rings. The summed E-state index contributed by atoms with van der Waals surface area (Å²) in [5.74, 6) is 0.0664. The average Bonchev–Trinajstić information content (AvgIpc) is 2.79. The summed E-state index contributed by atoms with van der Waals surface area (Å²) in [6.07, 6.45) is 2.57. The van der Waals surface area contributed by atoms with E-state index < -0.39 is 11.4 Å². The highest BCUT2D eigenvalue weighted by molar-refractivity contribution is 5.75. The van der Waals surface area contributed by atoms with Gasteiger partial charge in [0, 0.05) is 19.4 Å². The molecule has 0 saturated carbocycles. The van der Waals surface area contributed by atoms with Gasteiger partial charge in [0.15, 0.2) is 0 Å². The summed E-state index contributed by atoms with van der Waals surface area (Å²) in [5, 5.41) is 9.50. The summed E-state index contributed by atoms with van der Waals surface area (Å²) >= 11 is 0. The van der Waals surface area contributed by atoms with Crippen molar-refractivity contribution in [3.63, 3.8) is 0 Å². The van der Waals surface area contributed by atoms with Gasteiger partial charge in [-0.25, -0.2) is 0 Å². The van der Waals surface area contributed by atoms with Gasteiger partial charge in [-0.3, -0.25) is 4.79 Å². The third-order valence-electron chi connectivity index (χ3n) is 3.91. The fourth-order valence-electron chi connectivity index (χ4n) is 2.85. The SMILES string of the molecule is CCCC(CN)(CC1Cc2ccccc2O1)C(=O)O. The second kappa shape index (κ2) is 5.61. The van der Waals surface area contributed by atoms with Gasteiger partial charge in [-0.1, -0.05) is 31.5 Å². The predicted octanol–water partition coefficient (Wildman–Crippen LogP) is 2.21. The van der Waals surface area contributed by atoms with E-state index >= 15 is 0 Å². The normalized spacial score (nSPS) is 20.4. The van der Waals surface area contributed by atoms with Crippen molar-refractivity contribution in [3.05, 3.63) is 29.8 Å². The van der Waals surface area contributed by atoms with Crippen LogP contribution in [0.15, 0.2) is 24.3 Å². The van der Waals surface area contributed by atoms with Crippen molar-refractivity contribution in [1.29, 1.82) is 0 Å². The lowest BCUT2D eigenvalue weighted by atomic mass is 9.78. The van der Waals surface area contributed by atoms with E-state index in [-0.39, 0.29) is 12.6 Å². The van der Waals surface area contributed by atoms with Gasteiger partial charge in [0.2, 0.25) is 0 Å². The van der Waals surface area contributed by atoms with Crippen LogP contribution in [0.3, 0.4) is 0 Å². The van der Waals surface area contributed by atoms with Crippen molar-refractivity contribution in [2.45, 2.75) is 38.7 Å². The first-order valence-corrected chi connectivity index (χ1v) is 6.79. The third-order valence-corrected chi connectivity index (χ3v) is 3.91. The van der Waals surface area contributed by atoms with Gasteiger partial charge in [-0.2, -0.15) is 0 Å². The number of aliphatic carboxylic acids is 1. The Morgan fingerprint density at radius 2 is 2.26 bits per heavy atom. The van der Waals surface area contributed by atoms with Crippen molar-refractivity contribution >= 4 is 5.97 Å². The van der Waals surface area contributed by atoms with Crippen molar-refractivity contribution < 1.29 is 14.6 Å². The van der Waals surface area contributed by atoms with E-state index in [1.165, 1.54) is 0 Å². The molecule has 0 amide bonds. The average molecular weight is 263 g/mol. The number of hydrogen-bond donors (Lipinski definition) is 2. The van der Waals surface area contributed by atoms with E-state index in [0.717, 1.165) is 24.2 Å². The Kier molecular flexibility index (Phi) is 4.10. The fourth-order valence-corrected chi connectivity index (χ4v) is 2.85. The molecular weight excluding hydrogens is 242 g/mol. The first-order valence-electron chi connectivity index (χ1n) is 6.79. The second-order valence-electron chi connectivity index (χ2n) is 5.30. The molecule has 3 N–H and O–H groups in total. The van der Waals surface area contributed by atoms with Crippen LogP contribution in [0.25, 0.3) is 0 Å². The fraction of sp³-hybridized carbons (Fsp3) is 0.533. The van der Waals surface area contributed by atoms with Crippen LogP contribution in [0.5, 0.6) is 5.75 Å². The summed E-state index contributed by atoms with van der Waals surface area (Å²) in [5.41, 5.74) is 6.03. The minimum Gasteiger partial charge on any atom is -0.490 e. The number of carboxylic acids is 1. The molecule has 0 saturated heterocycles. The highest BCUT2D eigenvalue weighted by Crippen LogP contribution is 2.36. The summed E-state index contributed by atoms with van der Waals surface area (Å²) in [6.45, 7) is 2.14. The molecule has 0 bridgehead atoms. The number of carbonyl (C=O) groups is 1. The Morgan fingerprint density at radius 3 is 2.84 bits per heavy atom. The molecule has 0 radical (unpaired) electrons. The van der Waals surface area contributed by atoms with Crippen LogP contribution in [-0.2, 0) is 11.2 Å². The summed E-state index contributed by atoms with van der Waals surface area (Å²) in [4.78, 5) is 11.6. The molecule has 104 valence electrons. The Labute approximate surface area is 113 Å². The number of fused-ring (bicyclic) bond motifs is 1. The maximum Gasteiger partial charge on any atom is 0.311 e. The standard InChI is InChI=1S/C15H21NO3/c1-2-7-15(10-16,14(17)18)9-12-8-11-5-3-4-6-13(11)19-12/h3-6,12H,2,7-10,16H2,1H3,(H,17,18). The summed E-state index contributed by atoms with van der Waals surface area (Å²) in [7, 11) is 0. The topological polar surface area (TPSA) is 72.5 Å². The zero-order valence-corrected chi connectivity index (χ0v) is 11.3. The van der Waals surface area contributed by atoms with Gasteiger partial charge in [0.1, 0.15) is 11.9 Å². The summed E-state index contributed by atoms with van der Waals surface area (Å²) in [6, 6.07) is 7.87. The molecule has 19 heavy (non-hydrogen) atoms. The van der Waals surface area contributed by atoms with Crippen LogP contribution in [0.4, 0.5) is 0 Å². The molecule has 2 unspecified atom stereocenters. The molecule has 1 aliphatic rings. The zero-order chi connectivity index (χ0) is 13.9. The number of rotatable bonds is 6. The maximum atomic E-state index is 11.6. The van der Waals surface area contributed by atoms with Crippen LogP contribution in [0, 0.1) is 5.41 Å². The monoisotopic (exact) mass is 263 g/mol. The lowest BCUT2D eigenvalue weighted by Crippen LogP contribution is -2.42. The molecule has 1 heterocycles. The number of ether oxygens (including phenoxy) is 1. The number of benzene rings is 1. The van der Waals surface area contributed by atoms with Crippen LogP contribution in [0.2, 0.25) is 0 Å². The molecule has 4 heteroatoms. The van der Waals surface area contributed by atoms with Gasteiger partial charge < -0.3 is 15.6 Å². The van der Waals surface area contributed by atoms with E-state index in [4.69, 9.17) is 10.5 Å². The quantitative estimate of drug-likeness (QED) is 0.825. The van der Waals surface area contributed by atoms with E-state index in [2.05, 4.69) is 0 Å². The summed E-state index contributed by atoms with van der Waals surface area (Å²) < 4.78 is 5.84. The van der Waals surface area contributed by atoms with Crippen LogP contribution in [0.1, 0.15) is 31.7 Å². The third kappa shape index (κ3) is 2.73. The molecule has 2 rings (SSSR count). The number of nitrogens with two attached hydrogens (primary N) is 1. The maximum absolute atomic E-state index is 11.6. The van der Waals surface area contributed by atoms with Crippen molar-refractivity contribution in [1.82, 2.24) is 0 Å². The highest BCUT2D eigenvalue weighted by atomic mass is 16.5. The predicted molar refractivity (Wildman–Crippen MR) is 73.2 cm³/mol. The molecule has 2 atom stereocenters. The molecule has 0 aliphatic carbocycles. The van der Waals surface area contributed by atoms with Crippen molar-refractivity contribution in [2.24, 2.45) is 11.1 Å². The first kappa shape index (κ1) is 13.9. The number of para-hydroxylation sites is 1. The lowest BCUT2D eigenvalue weighted by Gasteiger charge is -2.29.